The smallest absolute Gasteiger partial charge is 0.255 e. The minimum Gasteiger partial charge on any atom is -0.507 e. The number of methoxy groups -OCH3 is 1. The maximum absolute atomic E-state index is 12.1. The summed E-state index contributed by atoms with van der Waals surface area (Å²) in [5, 5.41) is 12.7. The molecule has 1 aliphatic carbocycles. The van der Waals surface area contributed by atoms with Crippen LogP contribution in [0.15, 0.2) is 18.2 Å². The summed E-state index contributed by atoms with van der Waals surface area (Å²) in [6.07, 6.45) is 4.77. The Bertz CT molecular complexity index is 464. The van der Waals surface area contributed by atoms with Gasteiger partial charge in [0, 0.05) is 6.54 Å². The molecule has 1 amide bonds. The highest BCUT2D eigenvalue weighted by atomic mass is 16.5. The fourth-order valence-electron chi connectivity index (χ4n) is 2.62. The Kier molecular flexibility index (Phi) is 3.98. The van der Waals surface area contributed by atoms with Crippen molar-refractivity contribution < 1.29 is 14.6 Å². The zero-order valence-corrected chi connectivity index (χ0v) is 11.5. The summed E-state index contributed by atoms with van der Waals surface area (Å²) < 4.78 is 5.07. The van der Waals surface area contributed by atoms with Crippen LogP contribution in [0.5, 0.6) is 11.5 Å². The number of amides is 1. The van der Waals surface area contributed by atoms with Gasteiger partial charge in [0.15, 0.2) is 0 Å². The zero-order valence-electron chi connectivity index (χ0n) is 11.5. The second kappa shape index (κ2) is 5.51. The Hall–Kier alpha value is -1.71. The third-order valence-corrected chi connectivity index (χ3v) is 3.93. The SMILES string of the molecule is COc1ccc(O)c(C(=O)NCC2(C)CCCC2)c1. The van der Waals surface area contributed by atoms with E-state index in [0.29, 0.717) is 12.3 Å². The summed E-state index contributed by atoms with van der Waals surface area (Å²) in [5.74, 6) is 0.300. The van der Waals surface area contributed by atoms with E-state index in [0.717, 1.165) is 12.8 Å². The van der Waals surface area contributed by atoms with Crippen LogP contribution in [-0.2, 0) is 0 Å². The second-order valence-corrected chi connectivity index (χ2v) is 5.58. The molecule has 0 aromatic heterocycles. The molecule has 0 bridgehead atoms. The van der Waals surface area contributed by atoms with E-state index in [1.165, 1.54) is 26.0 Å². The standard InChI is InChI=1S/C15H21NO3/c1-15(7-3-4-8-15)10-16-14(18)12-9-11(19-2)5-6-13(12)17/h5-6,9,17H,3-4,7-8,10H2,1-2H3,(H,16,18). The van der Waals surface area contributed by atoms with E-state index >= 15 is 0 Å². The maximum atomic E-state index is 12.1. The molecule has 1 aromatic carbocycles. The van der Waals surface area contributed by atoms with E-state index < -0.39 is 0 Å². The summed E-state index contributed by atoms with van der Waals surface area (Å²) in [4.78, 5) is 12.1. The van der Waals surface area contributed by atoms with Crippen LogP contribution in [0.25, 0.3) is 0 Å². The van der Waals surface area contributed by atoms with E-state index in [9.17, 15) is 9.90 Å². The highest BCUT2D eigenvalue weighted by molar-refractivity contribution is 5.97. The molecule has 2 rings (SSSR count). The van der Waals surface area contributed by atoms with Crippen molar-refractivity contribution in [2.24, 2.45) is 5.41 Å². The summed E-state index contributed by atoms with van der Waals surface area (Å²) in [7, 11) is 1.54. The van der Waals surface area contributed by atoms with Crippen LogP contribution in [0.4, 0.5) is 0 Å². The first-order valence-corrected chi connectivity index (χ1v) is 6.69. The number of ether oxygens (including phenoxy) is 1. The number of benzene rings is 1. The van der Waals surface area contributed by atoms with Crippen molar-refractivity contribution in [3.8, 4) is 11.5 Å². The molecule has 2 N–H and O–H groups in total. The lowest BCUT2D eigenvalue weighted by Crippen LogP contribution is -2.34. The van der Waals surface area contributed by atoms with E-state index in [2.05, 4.69) is 12.2 Å². The van der Waals surface area contributed by atoms with E-state index in [1.807, 2.05) is 0 Å². The number of phenols is 1. The molecule has 0 spiro atoms. The summed E-state index contributed by atoms with van der Waals surface area (Å²) in [6, 6.07) is 4.66. The minimum atomic E-state index is -0.246. The molecule has 0 heterocycles. The van der Waals surface area contributed by atoms with Gasteiger partial charge in [-0.05, 0) is 36.5 Å². The van der Waals surface area contributed by atoms with Crippen molar-refractivity contribution in [1.29, 1.82) is 0 Å². The Balaban J connectivity index is 2.03. The summed E-state index contributed by atoms with van der Waals surface area (Å²) in [6.45, 7) is 2.86. The average molecular weight is 263 g/mol. The van der Waals surface area contributed by atoms with Gasteiger partial charge in [0.1, 0.15) is 11.5 Å². The van der Waals surface area contributed by atoms with Crippen molar-refractivity contribution in [1.82, 2.24) is 5.32 Å². The topological polar surface area (TPSA) is 58.6 Å². The van der Waals surface area contributed by atoms with Crippen molar-refractivity contribution in [2.75, 3.05) is 13.7 Å². The molecule has 4 heteroatoms. The first-order valence-electron chi connectivity index (χ1n) is 6.69. The van der Waals surface area contributed by atoms with E-state index in [4.69, 9.17) is 4.74 Å². The lowest BCUT2D eigenvalue weighted by molar-refractivity contribution is 0.0931. The highest BCUT2D eigenvalue weighted by Gasteiger charge is 2.29. The van der Waals surface area contributed by atoms with Gasteiger partial charge >= 0.3 is 0 Å². The number of rotatable bonds is 4. The van der Waals surface area contributed by atoms with Gasteiger partial charge in [-0.1, -0.05) is 19.8 Å². The maximum Gasteiger partial charge on any atom is 0.255 e. The third kappa shape index (κ3) is 3.19. The Morgan fingerprint density at radius 2 is 2.11 bits per heavy atom. The fourth-order valence-corrected chi connectivity index (χ4v) is 2.62. The fraction of sp³-hybridized carbons (Fsp3) is 0.533. The van der Waals surface area contributed by atoms with Gasteiger partial charge in [-0.15, -0.1) is 0 Å². The molecule has 19 heavy (non-hydrogen) atoms. The van der Waals surface area contributed by atoms with Gasteiger partial charge in [-0.2, -0.15) is 0 Å². The highest BCUT2D eigenvalue weighted by Crippen LogP contribution is 2.36. The number of aromatic hydroxyl groups is 1. The van der Waals surface area contributed by atoms with Crippen molar-refractivity contribution in [3.63, 3.8) is 0 Å². The Labute approximate surface area is 113 Å². The Morgan fingerprint density at radius 3 is 2.74 bits per heavy atom. The molecule has 0 aliphatic heterocycles. The van der Waals surface area contributed by atoms with Crippen LogP contribution >= 0.6 is 0 Å². The first-order chi connectivity index (χ1) is 9.04. The molecule has 4 nitrogen and oxygen atoms in total. The minimum absolute atomic E-state index is 0.0186. The lowest BCUT2D eigenvalue weighted by atomic mass is 9.89. The first kappa shape index (κ1) is 13.7. The van der Waals surface area contributed by atoms with Crippen LogP contribution in [0.2, 0.25) is 0 Å². The van der Waals surface area contributed by atoms with Gasteiger partial charge in [0.25, 0.3) is 5.91 Å². The molecule has 1 fully saturated rings. The molecule has 1 saturated carbocycles. The molecule has 0 atom stereocenters. The predicted molar refractivity (Wildman–Crippen MR) is 73.6 cm³/mol. The normalized spacial score (nSPS) is 17.2. The monoisotopic (exact) mass is 263 g/mol. The summed E-state index contributed by atoms with van der Waals surface area (Å²) in [5.41, 5.74) is 0.463. The van der Waals surface area contributed by atoms with Gasteiger partial charge < -0.3 is 15.2 Å². The molecule has 0 unspecified atom stereocenters. The Morgan fingerprint density at radius 1 is 1.42 bits per heavy atom. The molecule has 1 aromatic rings. The summed E-state index contributed by atoms with van der Waals surface area (Å²) >= 11 is 0. The number of nitrogens with one attached hydrogen (secondary N) is 1. The van der Waals surface area contributed by atoms with Gasteiger partial charge in [-0.3, -0.25) is 4.79 Å². The molecule has 0 radical (unpaired) electrons. The number of phenolic OH excluding ortho intramolecular Hbond substituents is 1. The van der Waals surface area contributed by atoms with Gasteiger partial charge in [0.05, 0.1) is 12.7 Å². The third-order valence-electron chi connectivity index (χ3n) is 3.93. The van der Waals surface area contributed by atoms with Crippen molar-refractivity contribution in [3.05, 3.63) is 23.8 Å². The van der Waals surface area contributed by atoms with Crippen molar-refractivity contribution >= 4 is 5.91 Å². The van der Waals surface area contributed by atoms with Crippen LogP contribution in [0, 0.1) is 5.41 Å². The zero-order chi connectivity index (χ0) is 13.9. The molecular weight excluding hydrogens is 242 g/mol. The van der Waals surface area contributed by atoms with Crippen LogP contribution in [0.1, 0.15) is 43.0 Å². The predicted octanol–water partition coefficient (Wildman–Crippen LogP) is 2.71. The van der Waals surface area contributed by atoms with E-state index in [-0.39, 0.29) is 22.6 Å². The molecule has 104 valence electrons. The van der Waals surface area contributed by atoms with Gasteiger partial charge in [-0.25, -0.2) is 0 Å². The number of carbonyl (C=O) groups excluding carboxylic acids is 1. The molecular formula is C15H21NO3. The number of carbonyl (C=O) groups is 1. The quantitative estimate of drug-likeness (QED) is 0.878. The van der Waals surface area contributed by atoms with Crippen molar-refractivity contribution in [2.45, 2.75) is 32.6 Å². The van der Waals surface area contributed by atoms with Crippen LogP contribution in [-0.4, -0.2) is 24.7 Å². The molecule has 1 aliphatic rings. The van der Waals surface area contributed by atoms with Crippen LogP contribution in [0.3, 0.4) is 0 Å². The van der Waals surface area contributed by atoms with Crippen LogP contribution < -0.4 is 10.1 Å². The average Bonchev–Trinajstić information content (AvgIpc) is 2.84. The van der Waals surface area contributed by atoms with E-state index in [1.54, 1.807) is 12.1 Å². The van der Waals surface area contributed by atoms with Gasteiger partial charge in [0.2, 0.25) is 0 Å². The number of hydrogen-bond acceptors (Lipinski definition) is 3. The lowest BCUT2D eigenvalue weighted by Gasteiger charge is -2.23. The second-order valence-electron chi connectivity index (χ2n) is 5.58. The number of hydrogen-bond donors (Lipinski definition) is 2. The molecule has 0 saturated heterocycles. The largest absolute Gasteiger partial charge is 0.507 e.